The molecule has 3 rings (SSSR count). The third-order valence-electron chi connectivity index (χ3n) is 4.21. The largest absolute Gasteiger partial charge is 0.497 e. The number of amides is 1. The summed E-state index contributed by atoms with van der Waals surface area (Å²) >= 11 is 0. The normalized spacial score (nSPS) is 10.6. The minimum absolute atomic E-state index is 0.0176. The fourth-order valence-electron chi connectivity index (χ4n) is 2.79. The van der Waals surface area contributed by atoms with Crippen LogP contribution in [0, 0.1) is 10.1 Å². The molecular formula is C19H17N3O5. The second kappa shape index (κ2) is 7.28. The zero-order valence-electron chi connectivity index (χ0n) is 14.8. The van der Waals surface area contributed by atoms with E-state index in [1.54, 1.807) is 22.8 Å². The van der Waals surface area contributed by atoms with Gasteiger partial charge in [0, 0.05) is 30.6 Å². The van der Waals surface area contributed by atoms with Crippen molar-refractivity contribution in [3.05, 3.63) is 74.6 Å². The monoisotopic (exact) mass is 367 g/mol. The first kappa shape index (κ1) is 18.1. The minimum Gasteiger partial charge on any atom is -0.497 e. The molecule has 1 amide bonds. The molecule has 0 fully saturated rings. The molecule has 27 heavy (non-hydrogen) atoms. The highest BCUT2D eigenvalue weighted by molar-refractivity contribution is 6.05. The Kier molecular flexibility index (Phi) is 4.89. The number of aromatic nitrogens is 1. The van der Waals surface area contributed by atoms with Gasteiger partial charge < -0.3 is 14.6 Å². The van der Waals surface area contributed by atoms with Crippen LogP contribution in [0.5, 0.6) is 5.75 Å². The van der Waals surface area contributed by atoms with E-state index in [0.29, 0.717) is 28.9 Å². The Labute approximate surface area is 154 Å². The number of nitro benzene ring substituents is 1. The first-order valence-electron chi connectivity index (χ1n) is 8.21. The van der Waals surface area contributed by atoms with E-state index >= 15 is 0 Å². The molecule has 1 N–H and O–H groups in total. The summed E-state index contributed by atoms with van der Waals surface area (Å²) in [5, 5.41) is 13.7. The van der Waals surface area contributed by atoms with Crippen molar-refractivity contribution < 1.29 is 14.5 Å². The number of fused-ring (bicyclic) bond motifs is 1. The smallest absolute Gasteiger partial charge is 0.269 e. The molecule has 0 spiro atoms. The van der Waals surface area contributed by atoms with E-state index in [2.05, 4.69) is 5.32 Å². The van der Waals surface area contributed by atoms with Gasteiger partial charge in [-0.25, -0.2) is 0 Å². The van der Waals surface area contributed by atoms with Gasteiger partial charge in [-0.05, 0) is 37.3 Å². The minimum atomic E-state index is -0.583. The van der Waals surface area contributed by atoms with E-state index in [1.165, 1.54) is 37.6 Å². The van der Waals surface area contributed by atoms with E-state index in [0.717, 1.165) is 0 Å². The molecule has 0 saturated carbocycles. The molecule has 138 valence electrons. The van der Waals surface area contributed by atoms with Crippen molar-refractivity contribution in [2.24, 2.45) is 0 Å². The molecule has 8 heteroatoms. The van der Waals surface area contributed by atoms with E-state index in [-0.39, 0.29) is 11.3 Å². The molecule has 0 atom stereocenters. The maximum Gasteiger partial charge on any atom is 0.269 e. The van der Waals surface area contributed by atoms with Gasteiger partial charge in [-0.2, -0.15) is 0 Å². The highest BCUT2D eigenvalue weighted by atomic mass is 16.6. The lowest BCUT2D eigenvalue weighted by Crippen LogP contribution is -2.23. The first-order chi connectivity index (χ1) is 12.9. The molecule has 0 saturated heterocycles. The number of methoxy groups -OCH3 is 1. The zero-order valence-corrected chi connectivity index (χ0v) is 14.8. The standard InChI is InChI=1S/C19H17N3O5/c1-3-21-11-16(18(23)15-10-14(27-2)8-9-17(15)21)19(24)20-12-4-6-13(7-5-12)22(25)26/h4-11H,3H2,1-2H3,(H,20,24). The zero-order chi connectivity index (χ0) is 19.6. The van der Waals surface area contributed by atoms with Crippen LogP contribution in [0.2, 0.25) is 0 Å². The van der Waals surface area contributed by atoms with Crippen molar-refractivity contribution >= 4 is 28.2 Å². The molecule has 0 unspecified atom stereocenters. The number of nitrogens with one attached hydrogen (secondary N) is 1. The van der Waals surface area contributed by atoms with E-state index in [4.69, 9.17) is 4.74 Å². The average Bonchev–Trinajstić information content (AvgIpc) is 2.68. The first-order valence-corrected chi connectivity index (χ1v) is 8.21. The second-order valence-corrected chi connectivity index (χ2v) is 5.80. The molecule has 0 radical (unpaired) electrons. The Morgan fingerprint density at radius 3 is 2.52 bits per heavy atom. The summed E-state index contributed by atoms with van der Waals surface area (Å²) in [5.41, 5.74) is 0.553. The highest BCUT2D eigenvalue weighted by Gasteiger charge is 2.16. The van der Waals surface area contributed by atoms with Gasteiger partial charge in [0.2, 0.25) is 5.43 Å². The summed E-state index contributed by atoms with van der Waals surface area (Å²) in [6.07, 6.45) is 1.51. The van der Waals surface area contributed by atoms with Crippen molar-refractivity contribution in [1.29, 1.82) is 0 Å². The van der Waals surface area contributed by atoms with E-state index in [1.807, 2.05) is 6.92 Å². The molecular weight excluding hydrogens is 350 g/mol. The molecule has 8 nitrogen and oxygen atoms in total. The Balaban J connectivity index is 2.02. The fourth-order valence-corrected chi connectivity index (χ4v) is 2.79. The van der Waals surface area contributed by atoms with Crippen LogP contribution in [0.1, 0.15) is 17.3 Å². The van der Waals surface area contributed by atoms with Crippen molar-refractivity contribution in [1.82, 2.24) is 4.57 Å². The topological polar surface area (TPSA) is 103 Å². The summed E-state index contributed by atoms with van der Waals surface area (Å²) in [6, 6.07) is 10.5. The number of benzene rings is 2. The quantitative estimate of drug-likeness (QED) is 0.551. The lowest BCUT2D eigenvalue weighted by atomic mass is 10.1. The van der Waals surface area contributed by atoms with E-state index in [9.17, 15) is 19.7 Å². The van der Waals surface area contributed by atoms with Crippen molar-refractivity contribution in [3.8, 4) is 5.75 Å². The average molecular weight is 367 g/mol. The highest BCUT2D eigenvalue weighted by Crippen LogP contribution is 2.20. The van der Waals surface area contributed by atoms with Gasteiger partial charge in [0.1, 0.15) is 11.3 Å². The maximum absolute atomic E-state index is 12.8. The Bertz CT molecular complexity index is 1090. The predicted octanol–water partition coefficient (Wildman–Crippen LogP) is 3.19. The van der Waals surface area contributed by atoms with E-state index < -0.39 is 16.3 Å². The number of anilines is 1. The van der Waals surface area contributed by atoms with Gasteiger partial charge >= 0.3 is 0 Å². The SMILES string of the molecule is CCn1cc(C(=O)Nc2ccc([N+](=O)[O-])cc2)c(=O)c2cc(OC)ccc21. The predicted molar refractivity (Wildman–Crippen MR) is 101 cm³/mol. The number of pyridine rings is 1. The molecule has 0 aliphatic carbocycles. The van der Waals surface area contributed by atoms with Crippen LogP contribution >= 0.6 is 0 Å². The van der Waals surface area contributed by atoms with Crippen LogP contribution in [0.3, 0.4) is 0 Å². The Morgan fingerprint density at radius 2 is 1.93 bits per heavy atom. The van der Waals surface area contributed by atoms with Crippen LogP contribution in [-0.4, -0.2) is 22.5 Å². The number of ether oxygens (including phenoxy) is 1. The maximum atomic E-state index is 12.8. The molecule has 3 aromatic rings. The molecule has 0 bridgehead atoms. The van der Waals surface area contributed by atoms with Crippen LogP contribution in [0.25, 0.3) is 10.9 Å². The summed E-state index contributed by atoms with van der Waals surface area (Å²) in [6.45, 7) is 2.48. The number of rotatable bonds is 5. The molecule has 0 aliphatic heterocycles. The van der Waals surface area contributed by atoms with Gasteiger partial charge in [0.05, 0.1) is 22.9 Å². The summed E-state index contributed by atoms with van der Waals surface area (Å²) in [5.74, 6) is -0.0593. The number of hydrogen-bond donors (Lipinski definition) is 1. The summed E-state index contributed by atoms with van der Waals surface area (Å²) < 4.78 is 6.98. The number of nitro groups is 1. The number of nitrogens with zero attached hydrogens (tertiary/aromatic N) is 2. The van der Waals surface area contributed by atoms with Gasteiger partial charge in [0.15, 0.2) is 0 Å². The summed E-state index contributed by atoms with van der Waals surface area (Å²) in [4.78, 5) is 35.6. The van der Waals surface area contributed by atoms with Gasteiger partial charge in [0.25, 0.3) is 11.6 Å². The third-order valence-corrected chi connectivity index (χ3v) is 4.21. The number of non-ortho nitro benzene ring substituents is 1. The van der Waals surface area contributed by atoms with Crippen LogP contribution in [-0.2, 0) is 6.54 Å². The lowest BCUT2D eigenvalue weighted by Gasteiger charge is -2.12. The summed E-state index contributed by atoms with van der Waals surface area (Å²) in [7, 11) is 1.50. The van der Waals surface area contributed by atoms with Gasteiger partial charge in [-0.1, -0.05) is 0 Å². The van der Waals surface area contributed by atoms with Crippen molar-refractivity contribution in [3.63, 3.8) is 0 Å². The lowest BCUT2D eigenvalue weighted by molar-refractivity contribution is -0.384. The van der Waals surface area contributed by atoms with Crippen molar-refractivity contribution in [2.45, 2.75) is 13.5 Å². The van der Waals surface area contributed by atoms with Crippen LogP contribution in [0.15, 0.2) is 53.5 Å². The van der Waals surface area contributed by atoms with Crippen molar-refractivity contribution in [2.75, 3.05) is 12.4 Å². The molecule has 2 aromatic carbocycles. The molecule has 1 aromatic heterocycles. The number of aryl methyl sites for hydroxylation is 1. The van der Waals surface area contributed by atoms with Crippen LogP contribution < -0.4 is 15.5 Å². The second-order valence-electron chi connectivity index (χ2n) is 5.80. The molecule has 0 aliphatic rings. The Hall–Kier alpha value is -3.68. The number of carbonyl (C=O) groups is 1. The molecule has 1 heterocycles. The third kappa shape index (κ3) is 3.50. The Morgan fingerprint density at radius 1 is 1.22 bits per heavy atom. The van der Waals surface area contributed by atoms with Gasteiger partial charge in [-0.15, -0.1) is 0 Å². The number of hydrogen-bond acceptors (Lipinski definition) is 5. The number of carbonyl (C=O) groups excluding carboxylic acids is 1. The van der Waals surface area contributed by atoms with Crippen LogP contribution in [0.4, 0.5) is 11.4 Å². The fraction of sp³-hybridized carbons (Fsp3) is 0.158. The van der Waals surface area contributed by atoms with Gasteiger partial charge in [-0.3, -0.25) is 19.7 Å².